The quantitative estimate of drug-likeness (QED) is 0.578. The Morgan fingerprint density at radius 3 is 2.47 bits per heavy atom. The molecule has 0 heteroatoms. The van der Waals surface area contributed by atoms with Gasteiger partial charge in [-0.15, -0.1) is 0 Å². The molecule has 0 amide bonds. The zero-order valence-electron chi connectivity index (χ0n) is 12.8. The van der Waals surface area contributed by atoms with Crippen LogP contribution in [0.5, 0.6) is 0 Å². The first-order valence-electron chi connectivity index (χ1n) is 8.43. The Kier molecular flexibility index (Phi) is 5.94. The Morgan fingerprint density at radius 2 is 1.79 bits per heavy atom. The number of hydrogen-bond donors (Lipinski definition) is 0. The summed E-state index contributed by atoms with van der Waals surface area (Å²) in [4.78, 5) is 0. The maximum absolute atomic E-state index is 2.39. The number of benzene rings is 1. The highest BCUT2D eigenvalue weighted by Crippen LogP contribution is 2.32. The van der Waals surface area contributed by atoms with Gasteiger partial charge in [-0.2, -0.15) is 0 Å². The van der Waals surface area contributed by atoms with Crippen LogP contribution in [0, 0.1) is 5.92 Å². The van der Waals surface area contributed by atoms with E-state index in [-0.39, 0.29) is 0 Å². The largest absolute Gasteiger partial charge is 0.0654 e. The molecule has 1 fully saturated rings. The molecule has 1 unspecified atom stereocenters. The van der Waals surface area contributed by atoms with Crippen molar-refractivity contribution in [3.8, 4) is 0 Å². The second-order valence-electron chi connectivity index (χ2n) is 6.30. The van der Waals surface area contributed by atoms with Gasteiger partial charge in [0.25, 0.3) is 0 Å². The molecular weight excluding hydrogens is 228 g/mol. The fraction of sp³-hybridized carbons (Fsp3) is 0.684. The Balaban J connectivity index is 2.10. The Labute approximate surface area is 119 Å². The topological polar surface area (TPSA) is 0 Å². The fourth-order valence-corrected chi connectivity index (χ4v) is 3.75. The highest BCUT2D eigenvalue weighted by Gasteiger charge is 2.18. The molecule has 1 saturated carbocycles. The third kappa shape index (κ3) is 4.09. The van der Waals surface area contributed by atoms with Crippen LogP contribution in [0.15, 0.2) is 24.3 Å². The third-order valence-corrected chi connectivity index (χ3v) is 4.86. The average molecular weight is 258 g/mol. The monoisotopic (exact) mass is 258 g/mol. The molecule has 2 rings (SSSR count). The Morgan fingerprint density at radius 1 is 1.05 bits per heavy atom. The summed E-state index contributed by atoms with van der Waals surface area (Å²) >= 11 is 0. The van der Waals surface area contributed by atoms with Gasteiger partial charge in [-0.05, 0) is 42.2 Å². The highest BCUT2D eigenvalue weighted by molar-refractivity contribution is 5.31. The van der Waals surface area contributed by atoms with Gasteiger partial charge in [0.15, 0.2) is 0 Å². The summed E-state index contributed by atoms with van der Waals surface area (Å²) in [6, 6.07) is 9.25. The average Bonchev–Trinajstić information content (AvgIpc) is 2.47. The summed E-state index contributed by atoms with van der Waals surface area (Å²) in [5.74, 6) is 1.74. The minimum Gasteiger partial charge on any atom is -0.0654 e. The number of hydrogen-bond acceptors (Lipinski definition) is 0. The molecule has 1 aromatic rings. The van der Waals surface area contributed by atoms with Gasteiger partial charge in [0.1, 0.15) is 0 Å². The summed E-state index contributed by atoms with van der Waals surface area (Å²) in [7, 11) is 0. The van der Waals surface area contributed by atoms with Crippen LogP contribution in [0.2, 0.25) is 0 Å². The highest BCUT2D eigenvalue weighted by atomic mass is 14.2. The van der Waals surface area contributed by atoms with Crippen molar-refractivity contribution in [2.45, 2.75) is 77.6 Å². The van der Waals surface area contributed by atoms with Crippen LogP contribution < -0.4 is 0 Å². The molecule has 0 bridgehead atoms. The Hall–Kier alpha value is -0.780. The lowest BCUT2D eigenvalue weighted by Gasteiger charge is -2.25. The second kappa shape index (κ2) is 7.72. The van der Waals surface area contributed by atoms with Crippen molar-refractivity contribution in [2.75, 3.05) is 0 Å². The van der Waals surface area contributed by atoms with Gasteiger partial charge in [-0.25, -0.2) is 0 Å². The van der Waals surface area contributed by atoms with Gasteiger partial charge < -0.3 is 0 Å². The van der Waals surface area contributed by atoms with Crippen LogP contribution in [-0.4, -0.2) is 0 Å². The third-order valence-electron chi connectivity index (χ3n) is 4.86. The summed E-state index contributed by atoms with van der Waals surface area (Å²) in [5.41, 5.74) is 3.30. The molecule has 0 aliphatic heterocycles. The van der Waals surface area contributed by atoms with E-state index in [1.165, 1.54) is 57.8 Å². The predicted molar refractivity (Wildman–Crippen MR) is 84.7 cm³/mol. The zero-order chi connectivity index (χ0) is 13.5. The molecule has 0 spiro atoms. The van der Waals surface area contributed by atoms with E-state index in [2.05, 4.69) is 38.1 Å². The molecule has 0 radical (unpaired) electrons. The van der Waals surface area contributed by atoms with E-state index >= 15 is 0 Å². The maximum Gasteiger partial charge on any atom is -0.0162 e. The lowest BCUT2D eigenvalue weighted by Crippen LogP contribution is -2.11. The van der Waals surface area contributed by atoms with Crippen LogP contribution in [0.4, 0.5) is 0 Å². The smallest absolute Gasteiger partial charge is 0.0162 e. The maximum atomic E-state index is 2.39. The molecule has 1 atom stereocenters. The van der Waals surface area contributed by atoms with Crippen molar-refractivity contribution >= 4 is 0 Å². The van der Waals surface area contributed by atoms with E-state index < -0.39 is 0 Å². The van der Waals surface area contributed by atoms with Crippen LogP contribution in [-0.2, 0) is 6.42 Å². The van der Waals surface area contributed by atoms with Crippen LogP contribution in [0.1, 0.15) is 82.3 Å². The lowest BCUT2D eigenvalue weighted by atomic mass is 9.81. The molecule has 0 saturated heterocycles. The molecule has 0 heterocycles. The minimum absolute atomic E-state index is 0.782. The molecule has 0 N–H and O–H groups in total. The molecule has 1 aliphatic carbocycles. The van der Waals surface area contributed by atoms with Crippen LogP contribution in [0.25, 0.3) is 0 Å². The molecule has 1 aromatic carbocycles. The molecule has 106 valence electrons. The normalized spacial score (nSPS) is 18.4. The van der Waals surface area contributed by atoms with Gasteiger partial charge in [-0.1, -0.05) is 76.6 Å². The minimum atomic E-state index is 0.782. The summed E-state index contributed by atoms with van der Waals surface area (Å²) < 4.78 is 0. The SMILES string of the molecule is CCCC(CC)c1ccccc1CC1CCCCC1. The van der Waals surface area contributed by atoms with Crippen molar-refractivity contribution in [1.82, 2.24) is 0 Å². The first-order valence-corrected chi connectivity index (χ1v) is 8.43. The number of rotatable bonds is 6. The molecule has 1 aliphatic rings. The predicted octanol–water partition coefficient (Wildman–Crippen LogP) is 6.10. The first-order chi connectivity index (χ1) is 9.35. The van der Waals surface area contributed by atoms with E-state index in [1.54, 1.807) is 11.1 Å². The van der Waals surface area contributed by atoms with Crippen LogP contribution >= 0.6 is 0 Å². The van der Waals surface area contributed by atoms with Crippen molar-refractivity contribution in [3.63, 3.8) is 0 Å². The van der Waals surface area contributed by atoms with Gasteiger partial charge in [0, 0.05) is 0 Å². The fourth-order valence-electron chi connectivity index (χ4n) is 3.75. The van der Waals surface area contributed by atoms with E-state index in [4.69, 9.17) is 0 Å². The van der Waals surface area contributed by atoms with Crippen molar-refractivity contribution in [1.29, 1.82) is 0 Å². The van der Waals surface area contributed by atoms with Crippen LogP contribution in [0.3, 0.4) is 0 Å². The standard InChI is InChI=1S/C19H30/c1-3-10-17(4-2)19-14-9-8-13-18(19)15-16-11-6-5-7-12-16/h8-9,13-14,16-17H,3-7,10-12,15H2,1-2H3. The first kappa shape index (κ1) is 14.6. The van der Waals surface area contributed by atoms with E-state index in [1.807, 2.05) is 0 Å². The van der Waals surface area contributed by atoms with Crippen molar-refractivity contribution in [2.24, 2.45) is 5.92 Å². The molecule has 0 aromatic heterocycles. The van der Waals surface area contributed by atoms with Crippen molar-refractivity contribution < 1.29 is 0 Å². The molecule has 0 nitrogen and oxygen atoms in total. The summed E-state index contributed by atoms with van der Waals surface area (Å²) in [6.45, 7) is 4.66. The Bertz CT molecular complexity index is 360. The van der Waals surface area contributed by atoms with Gasteiger partial charge >= 0.3 is 0 Å². The van der Waals surface area contributed by atoms with Crippen molar-refractivity contribution in [3.05, 3.63) is 35.4 Å². The molecule has 19 heavy (non-hydrogen) atoms. The summed E-state index contributed by atoms with van der Waals surface area (Å²) in [5, 5.41) is 0. The van der Waals surface area contributed by atoms with Gasteiger partial charge in [0.2, 0.25) is 0 Å². The van der Waals surface area contributed by atoms with E-state index in [0.717, 1.165) is 11.8 Å². The molecular formula is C19H30. The van der Waals surface area contributed by atoms with E-state index in [0.29, 0.717) is 0 Å². The van der Waals surface area contributed by atoms with Gasteiger partial charge in [0.05, 0.1) is 0 Å². The lowest BCUT2D eigenvalue weighted by molar-refractivity contribution is 0.355. The summed E-state index contributed by atoms with van der Waals surface area (Å²) in [6.07, 6.45) is 12.6. The van der Waals surface area contributed by atoms with Gasteiger partial charge in [-0.3, -0.25) is 0 Å². The second-order valence-corrected chi connectivity index (χ2v) is 6.30. The van der Waals surface area contributed by atoms with E-state index in [9.17, 15) is 0 Å². The zero-order valence-corrected chi connectivity index (χ0v) is 12.8.